The maximum atomic E-state index is 5.78. The van der Waals surface area contributed by atoms with E-state index >= 15 is 0 Å². The van der Waals surface area contributed by atoms with Gasteiger partial charge in [0.2, 0.25) is 0 Å². The molecule has 1 rings (SSSR count). The molecule has 0 aliphatic rings. The van der Waals surface area contributed by atoms with E-state index in [1.54, 1.807) is 14.2 Å². The van der Waals surface area contributed by atoms with Crippen molar-refractivity contribution in [2.75, 3.05) is 20.8 Å². The number of hydrogen-bond acceptors (Lipinski definition) is 3. The van der Waals surface area contributed by atoms with Crippen LogP contribution in [0.3, 0.4) is 0 Å². The van der Waals surface area contributed by atoms with Crippen LogP contribution >= 0.6 is 0 Å². The zero-order chi connectivity index (χ0) is 12.3. The molecule has 1 aromatic rings. The Morgan fingerprint density at radius 3 is 2.25 bits per heavy atom. The third-order valence-corrected chi connectivity index (χ3v) is 3.15. The van der Waals surface area contributed by atoms with E-state index in [2.05, 4.69) is 6.07 Å². The molecule has 0 bridgehead atoms. The molecule has 2 N–H and O–H groups in total. The van der Waals surface area contributed by atoms with Crippen molar-refractivity contribution in [2.24, 2.45) is 5.73 Å². The van der Waals surface area contributed by atoms with Crippen LogP contribution < -0.4 is 10.5 Å². The van der Waals surface area contributed by atoms with Gasteiger partial charge in [-0.3, -0.25) is 0 Å². The van der Waals surface area contributed by atoms with Gasteiger partial charge in [-0.1, -0.05) is 0 Å². The van der Waals surface area contributed by atoms with Crippen LogP contribution in [0, 0.1) is 13.8 Å². The molecular formula is C13H21NO2. The highest BCUT2D eigenvalue weighted by molar-refractivity contribution is 5.44. The van der Waals surface area contributed by atoms with E-state index in [1.807, 2.05) is 26.8 Å². The molecule has 0 aliphatic carbocycles. The van der Waals surface area contributed by atoms with Crippen LogP contribution in [0.4, 0.5) is 0 Å². The molecule has 0 fully saturated rings. The molecule has 1 aromatic carbocycles. The smallest absolute Gasteiger partial charge is 0.122 e. The molecule has 1 atom stereocenters. The monoisotopic (exact) mass is 223 g/mol. The number of benzene rings is 1. The van der Waals surface area contributed by atoms with Crippen molar-refractivity contribution in [1.29, 1.82) is 0 Å². The van der Waals surface area contributed by atoms with Gasteiger partial charge in [-0.2, -0.15) is 0 Å². The fraction of sp³-hybridized carbons (Fsp3) is 0.538. The summed E-state index contributed by atoms with van der Waals surface area (Å²) in [5.74, 6) is 0.900. The lowest BCUT2D eigenvalue weighted by Crippen LogP contribution is -2.34. The third kappa shape index (κ3) is 2.20. The van der Waals surface area contributed by atoms with Crippen molar-refractivity contribution in [3.63, 3.8) is 0 Å². The minimum absolute atomic E-state index is 0.429. The van der Waals surface area contributed by atoms with Gasteiger partial charge in [-0.15, -0.1) is 0 Å². The highest BCUT2D eigenvalue weighted by Crippen LogP contribution is 2.31. The Hall–Kier alpha value is -1.06. The number of nitrogens with two attached hydrogens (primary N) is 1. The van der Waals surface area contributed by atoms with Gasteiger partial charge in [0.15, 0.2) is 0 Å². The molecule has 0 radical (unpaired) electrons. The SMILES string of the molecule is COc1cc(C)c(C(C)(CN)OC)cc1C. The second-order valence-electron chi connectivity index (χ2n) is 4.28. The van der Waals surface area contributed by atoms with Crippen molar-refractivity contribution in [3.05, 3.63) is 28.8 Å². The van der Waals surface area contributed by atoms with E-state index < -0.39 is 5.60 Å². The molecule has 0 saturated heterocycles. The first-order valence-electron chi connectivity index (χ1n) is 5.39. The van der Waals surface area contributed by atoms with Crippen molar-refractivity contribution in [2.45, 2.75) is 26.4 Å². The van der Waals surface area contributed by atoms with Gasteiger partial charge >= 0.3 is 0 Å². The van der Waals surface area contributed by atoms with E-state index in [4.69, 9.17) is 15.2 Å². The Labute approximate surface area is 97.6 Å². The fourth-order valence-electron chi connectivity index (χ4n) is 1.88. The maximum Gasteiger partial charge on any atom is 0.122 e. The summed E-state index contributed by atoms with van der Waals surface area (Å²) in [6, 6.07) is 4.11. The summed E-state index contributed by atoms with van der Waals surface area (Å²) in [6.07, 6.45) is 0. The van der Waals surface area contributed by atoms with Crippen LogP contribution in [0.1, 0.15) is 23.6 Å². The second-order valence-corrected chi connectivity index (χ2v) is 4.28. The molecule has 3 nitrogen and oxygen atoms in total. The quantitative estimate of drug-likeness (QED) is 0.850. The van der Waals surface area contributed by atoms with Crippen molar-refractivity contribution in [1.82, 2.24) is 0 Å². The van der Waals surface area contributed by atoms with Crippen LogP contribution in [0.15, 0.2) is 12.1 Å². The van der Waals surface area contributed by atoms with Gasteiger partial charge in [0.1, 0.15) is 11.4 Å². The first kappa shape index (κ1) is 13.0. The first-order valence-corrected chi connectivity index (χ1v) is 5.39. The van der Waals surface area contributed by atoms with Crippen molar-refractivity contribution < 1.29 is 9.47 Å². The summed E-state index contributed by atoms with van der Waals surface area (Å²) in [5, 5.41) is 0. The van der Waals surface area contributed by atoms with Gasteiger partial charge < -0.3 is 15.2 Å². The summed E-state index contributed by atoms with van der Waals surface area (Å²) < 4.78 is 10.8. The third-order valence-electron chi connectivity index (χ3n) is 3.15. The van der Waals surface area contributed by atoms with E-state index in [9.17, 15) is 0 Å². The van der Waals surface area contributed by atoms with Crippen LogP contribution in [-0.2, 0) is 10.3 Å². The zero-order valence-corrected chi connectivity index (χ0v) is 10.8. The Bertz CT molecular complexity index is 370. The van der Waals surface area contributed by atoms with E-state index in [0.717, 1.165) is 22.4 Å². The predicted molar refractivity (Wildman–Crippen MR) is 65.9 cm³/mol. The lowest BCUT2D eigenvalue weighted by molar-refractivity contribution is 0.00948. The number of ether oxygens (including phenoxy) is 2. The van der Waals surface area contributed by atoms with Crippen LogP contribution in [0.25, 0.3) is 0 Å². The maximum absolute atomic E-state index is 5.78. The van der Waals surface area contributed by atoms with Crippen LogP contribution in [0.2, 0.25) is 0 Å². The molecule has 0 saturated carbocycles. The topological polar surface area (TPSA) is 44.5 Å². The molecule has 90 valence electrons. The number of aryl methyl sites for hydroxylation is 2. The number of methoxy groups -OCH3 is 2. The summed E-state index contributed by atoms with van der Waals surface area (Å²) in [7, 11) is 3.37. The lowest BCUT2D eigenvalue weighted by Gasteiger charge is -2.29. The number of hydrogen-bond donors (Lipinski definition) is 1. The highest BCUT2D eigenvalue weighted by atomic mass is 16.5. The molecule has 3 heteroatoms. The molecule has 16 heavy (non-hydrogen) atoms. The molecule has 0 aromatic heterocycles. The van der Waals surface area contributed by atoms with E-state index in [-0.39, 0.29) is 0 Å². The molecule has 0 amide bonds. The molecule has 1 unspecified atom stereocenters. The van der Waals surface area contributed by atoms with E-state index in [1.165, 1.54) is 0 Å². The largest absolute Gasteiger partial charge is 0.496 e. The minimum Gasteiger partial charge on any atom is -0.496 e. The molecular weight excluding hydrogens is 202 g/mol. The van der Waals surface area contributed by atoms with Gasteiger partial charge in [-0.05, 0) is 49.6 Å². The van der Waals surface area contributed by atoms with Gasteiger partial charge in [0.05, 0.1) is 7.11 Å². The van der Waals surface area contributed by atoms with Crippen LogP contribution in [-0.4, -0.2) is 20.8 Å². The fourth-order valence-corrected chi connectivity index (χ4v) is 1.88. The van der Waals surface area contributed by atoms with Gasteiger partial charge in [0, 0.05) is 13.7 Å². The van der Waals surface area contributed by atoms with E-state index in [0.29, 0.717) is 6.54 Å². The summed E-state index contributed by atoms with van der Waals surface area (Å²) >= 11 is 0. The standard InChI is InChI=1S/C13H21NO2/c1-9-7-12(15-4)10(2)6-11(9)13(3,8-14)16-5/h6-7H,8,14H2,1-5H3. The minimum atomic E-state index is -0.429. The van der Waals surface area contributed by atoms with Crippen molar-refractivity contribution in [3.8, 4) is 5.75 Å². The highest BCUT2D eigenvalue weighted by Gasteiger charge is 2.26. The van der Waals surface area contributed by atoms with Crippen LogP contribution in [0.5, 0.6) is 5.75 Å². The lowest BCUT2D eigenvalue weighted by atomic mass is 9.90. The normalized spacial score (nSPS) is 14.6. The number of rotatable bonds is 4. The van der Waals surface area contributed by atoms with Gasteiger partial charge in [-0.25, -0.2) is 0 Å². The zero-order valence-electron chi connectivity index (χ0n) is 10.8. The Kier molecular flexibility index (Phi) is 3.94. The Morgan fingerprint density at radius 2 is 1.81 bits per heavy atom. The molecule has 0 aliphatic heterocycles. The van der Waals surface area contributed by atoms with Gasteiger partial charge in [0.25, 0.3) is 0 Å². The second kappa shape index (κ2) is 4.85. The summed E-state index contributed by atoms with van der Waals surface area (Å²) in [5.41, 5.74) is 8.71. The average molecular weight is 223 g/mol. The summed E-state index contributed by atoms with van der Waals surface area (Å²) in [6.45, 7) is 6.52. The Morgan fingerprint density at radius 1 is 1.19 bits per heavy atom. The first-order chi connectivity index (χ1) is 7.48. The average Bonchev–Trinajstić information content (AvgIpc) is 2.30. The molecule has 0 spiro atoms. The predicted octanol–water partition coefficient (Wildman–Crippen LogP) is 2.13. The molecule has 0 heterocycles. The summed E-state index contributed by atoms with van der Waals surface area (Å²) in [4.78, 5) is 0. The van der Waals surface area contributed by atoms with Crippen molar-refractivity contribution >= 4 is 0 Å². The Balaban J connectivity index is 3.30.